The van der Waals surface area contributed by atoms with Crippen molar-refractivity contribution in [2.45, 2.75) is 0 Å². The van der Waals surface area contributed by atoms with Gasteiger partial charge >= 0.3 is 0 Å². The standard InChI is InChI=1S/C14H15FN2O2/c1-2-13(18)17-8-10(9-17)7-16-14(19)11-3-5-12(15)6-4-11/h2-6,10H,1,7-9H2,(H,16,19). The molecule has 1 heterocycles. The van der Waals surface area contributed by atoms with E-state index in [4.69, 9.17) is 0 Å². The number of halogens is 1. The van der Waals surface area contributed by atoms with Crippen molar-refractivity contribution < 1.29 is 14.0 Å². The molecule has 1 N–H and O–H groups in total. The lowest BCUT2D eigenvalue weighted by molar-refractivity contribution is -0.131. The van der Waals surface area contributed by atoms with E-state index in [2.05, 4.69) is 11.9 Å². The van der Waals surface area contributed by atoms with Crippen LogP contribution in [0.2, 0.25) is 0 Å². The minimum atomic E-state index is -0.367. The van der Waals surface area contributed by atoms with Gasteiger partial charge in [0.1, 0.15) is 5.82 Å². The quantitative estimate of drug-likeness (QED) is 0.829. The number of hydrogen-bond acceptors (Lipinski definition) is 2. The van der Waals surface area contributed by atoms with Crippen LogP contribution in [0.3, 0.4) is 0 Å². The molecular weight excluding hydrogens is 247 g/mol. The monoisotopic (exact) mass is 262 g/mol. The van der Waals surface area contributed by atoms with Crippen molar-refractivity contribution in [1.29, 1.82) is 0 Å². The summed E-state index contributed by atoms with van der Waals surface area (Å²) in [7, 11) is 0. The Bertz CT molecular complexity index is 493. The minimum Gasteiger partial charge on any atom is -0.352 e. The van der Waals surface area contributed by atoms with Crippen molar-refractivity contribution >= 4 is 11.8 Å². The van der Waals surface area contributed by atoms with E-state index in [1.54, 1.807) is 4.90 Å². The lowest BCUT2D eigenvalue weighted by Gasteiger charge is -2.38. The number of benzene rings is 1. The van der Waals surface area contributed by atoms with Crippen LogP contribution in [0.1, 0.15) is 10.4 Å². The Labute approximate surface area is 110 Å². The van der Waals surface area contributed by atoms with Crippen molar-refractivity contribution in [1.82, 2.24) is 10.2 Å². The van der Waals surface area contributed by atoms with Crippen LogP contribution in [-0.4, -0.2) is 36.3 Å². The number of likely N-dealkylation sites (tertiary alicyclic amines) is 1. The lowest BCUT2D eigenvalue weighted by Crippen LogP contribution is -2.53. The topological polar surface area (TPSA) is 49.4 Å². The number of nitrogens with one attached hydrogen (secondary N) is 1. The average molecular weight is 262 g/mol. The highest BCUT2D eigenvalue weighted by molar-refractivity contribution is 5.94. The van der Waals surface area contributed by atoms with Gasteiger partial charge < -0.3 is 10.2 Å². The SMILES string of the molecule is C=CC(=O)N1CC(CNC(=O)c2ccc(F)cc2)C1. The van der Waals surface area contributed by atoms with Crippen LogP contribution in [0, 0.1) is 11.7 Å². The summed E-state index contributed by atoms with van der Waals surface area (Å²) in [6.07, 6.45) is 1.29. The molecule has 1 aromatic rings. The molecule has 0 bridgehead atoms. The fourth-order valence-corrected chi connectivity index (χ4v) is 1.95. The molecule has 0 aliphatic carbocycles. The van der Waals surface area contributed by atoms with Gasteiger partial charge in [-0.1, -0.05) is 6.58 Å². The van der Waals surface area contributed by atoms with Crippen LogP contribution < -0.4 is 5.32 Å². The highest BCUT2D eigenvalue weighted by atomic mass is 19.1. The molecule has 0 radical (unpaired) electrons. The third kappa shape index (κ3) is 3.19. The number of carbonyl (C=O) groups is 2. The van der Waals surface area contributed by atoms with Crippen molar-refractivity contribution in [2.24, 2.45) is 5.92 Å². The lowest BCUT2D eigenvalue weighted by atomic mass is 10.00. The third-order valence-corrected chi connectivity index (χ3v) is 3.10. The van der Waals surface area contributed by atoms with Crippen LogP contribution in [0.5, 0.6) is 0 Å². The number of rotatable bonds is 4. The summed E-state index contributed by atoms with van der Waals surface area (Å²) < 4.78 is 12.7. The fraction of sp³-hybridized carbons (Fsp3) is 0.286. The van der Waals surface area contributed by atoms with E-state index < -0.39 is 0 Å². The molecule has 1 aliphatic heterocycles. The molecule has 2 rings (SSSR count). The maximum atomic E-state index is 12.7. The second-order valence-corrected chi connectivity index (χ2v) is 4.53. The summed E-state index contributed by atoms with van der Waals surface area (Å²) >= 11 is 0. The van der Waals surface area contributed by atoms with E-state index in [1.165, 1.54) is 30.3 Å². The highest BCUT2D eigenvalue weighted by Crippen LogP contribution is 2.15. The molecule has 2 amide bonds. The molecule has 100 valence electrons. The molecule has 0 aromatic heterocycles. The van der Waals surface area contributed by atoms with Gasteiger partial charge in [0.15, 0.2) is 0 Å². The molecule has 4 nitrogen and oxygen atoms in total. The number of amides is 2. The zero-order chi connectivity index (χ0) is 13.8. The Kier molecular flexibility index (Phi) is 3.94. The Morgan fingerprint density at radius 2 is 2.00 bits per heavy atom. The smallest absolute Gasteiger partial charge is 0.251 e. The van der Waals surface area contributed by atoms with Gasteiger partial charge in [-0.05, 0) is 30.3 Å². The molecule has 1 saturated heterocycles. The van der Waals surface area contributed by atoms with Crippen LogP contribution >= 0.6 is 0 Å². The molecule has 1 fully saturated rings. The molecular formula is C14H15FN2O2. The molecule has 0 spiro atoms. The Balaban J connectivity index is 1.75. The number of nitrogens with zero attached hydrogens (tertiary/aromatic N) is 1. The molecule has 5 heteroatoms. The van der Waals surface area contributed by atoms with E-state index in [1.807, 2.05) is 0 Å². The van der Waals surface area contributed by atoms with Gasteiger partial charge in [0.2, 0.25) is 5.91 Å². The summed E-state index contributed by atoms with van der Waals surface area (Å²) in [4.78, 5) is 24.6. The normalized spacial score (nSPS) is 14.7. The molecule has 1 aliphatic rings. The van der Waals surface area contributed by atoms with Crippen LogP contribution in [0.25, 0.3) is 0 Å². The Morgan fingerprint density at radius 3 is 2.58 bits per heavy atom. The first-order valence-electron chi connectivity index (χ1n) is 6.05. The molecule has 0 saturated carbocycles. The van der Waals surface area contributed by atoms with Crippen LogP contribution in [0.4, 0.5) is 4.39 Å². The van der Waals surface area contributed by atoms with Gasteiger partial charge in [-0.2, -0.15) is 0 Å². The minimum absolute atomic E-state index is 0.0823. The van der Waals surface area contributed by atoms with Gasteiger partial charge in [-0.3, -0.25) is 9.59 Å². The summed E-state index contributed by atoms with van der Waals surface area (Å²) in [6.45, 7) is 5.20. The second-order valence-electron chi connectivity index (χ2n) is 4.53. The predicted molar refractivity (Wildman–Crippen MR) is 69.0 cm³/mol. The number of carbonyl (C=O) groups excluding carboxylic acids is 2. The van der Waals surface area contributed by atoms with Gasteiger partial charge in [0.05, 0.1) is 0 Å². The Morgan fingerprint density at radius 1 is 1.37 bits per heavy atom. The molecule has 0 atom stereocenters. The van der Waals surface area contributed by atoms with Gasteiger partial charge in [0.25, 0.3) is 5.91 Å². The van der Waals surface area contributed by atoms with Crippen LogP contribution in [0.15, 0.2) is 36.9 Å². The first-order chi connectivity index (χ1) is 9.10. The number of hydrogen-bond donors (Lipinski definition) is 1. The van der Waals surface area contributed by atoms with E-state index in [9.17, 15) is 14.0 Å². The summed E-state index contributed by atoms with van der Waals surface area (Å²) in [6, 6.07) is 5.39. The van der Waals surface area contributed by atoms with E-state index >= 15 is 0 Å². The van der Waals surface area contributed by atoms with Gasteiger partial charge in [-0.25, -0.2) is 4.39 Å². The highest BCUT2D eigenvalue weighted by Gasteiger charge is 2.29. The second kappa shape index (κ2) is 5.65. The van der Waals surface area contributed by atoms with E-state index in [-0.39, 0.29) is 23.5 Å². The zero-order valence-electron chi connectivity index (χ0n) is 10.4. The van der Waals surface area contributed by atoms with Crippen LogP contribution in [-0.2, 0) is 4.79 Å². The first kappa shape index (κ1) is 13.3. The van der Waals surface area contributed by atoms with Gasteiger partial charge in [0, 0.05) is 31.1 Å². The summed E-state index contributed by atoms with van der Waals surface area (Å²) in [5.74, 6) is -0.406. The van der Waals surface area contributed by atoms with Crippen molar-refractivity contribution in [3.05, 3.63) is 48.3 Å². The largest absolute Gasteiger partial charge is 0.352 e. The van der Waals surface area contributed by atoms with Crippen molar-refractivity contribution in [3.63, 3.8) is 0 Å². The van der Waals surface area contributed by atoms with E-state index in [0.717, 1.165) is 0 Å². The Hall–Kier alpha value is -2.17. The maximum absolute atomic E-state index is 12.7. The predicted octanol–water partition coefficient (Wildman–Crippen LogP) is 1.20. The fourth-order valence-electron chi connectivity index (χ4n) is 1.95. The summed E-state index contributed by atoms with van der Waals surface area (Å²) in [5.41, 5.74) is 0.430. The average Bonchev–Trinajstić information content (AvgIpc) is 2.37. The van der Waals surface area contributed by atoms with Crippen molar-refractivity contribution in [2.75, 3.05) is 19.6 Å². The van der Waals surface area contributed by atoms with E-state index in [0.29, 0.717) is 25.2 Å². The molecule has 19 heavy (non-hydrogen) atoms. The molecule has 1 aromatic carbocycles. The zero-order valence-corrected chi connectivity index (χ0v) is 10.4. The van der Waals surface area contributed by atoms with Gasteiger partial charge in [-0.15, -0.1) is 0 Å². The third-order valence-electron chi connectivity index (χ3n) is 3.10. The first-order valence-corrected chi connectivity index (χ1v) is 6.05. The molecule has 0 unspecified atom stereocenters. The maximum Gasteiger partial charge on any atom is 0.251 e. The summed E-state index contributed by atoms with van der Waals surface area (Å²) in [5, 5.41) is 2.77. The van der Waals surface area contributed by atoms with Crippen molar-refractivity contribution in [3.8, 4) is 0 Å².